The molecule has 0 unspecified atom stereocenters. The van der Waals surface area contributed by atoms with E-state index in [1.54, 1.807) is 11.3 Å². The first-order valence-electron chi connectivity index (χ1n) is 8.57. The Kier molecular flexibility index (Phi) is 4.88. The van der Waals surface area contributed by atoms with Crippen LogP contribution in [0.25, 0.3) is 0 Å². The van der Waals surface area contributed by atoms with Crippen molar-refractivity contribution in [3.8, 4) is 0 Å². The van der Waals surface area contributed by atoms with Gasteiger partial charge in [0.15, 0.2) is 0 Å². The zero-order valence-electron chi connectivity index (χ0n) is 13.9. The molecule has 0 saturated carbocycles. The standard InChI is InChI=1S/C16H24N6OS/c1-2-16(11-21(4-1)10-15-17-3-7-24-15)12-22(5-6-23-13-16)9-14-8-18-20-19-14/h3,7-8H,1-2,4-6,9-13H2,(H,18,19,20)/t16-/m0/s1. The van der Waals surface area contributed by atoms with E-state index >= 15 is 0 Å². The average molecular weight is 348 g/mol. The monoisotopic (exact) mass is 348 g/mol. The van der Waals surface area contributed by atoms with E-state index in [1.165, 1.54) is 17.8 Å². The van der Waals surface area contributed by atoms with Gasteiger partial charge in [-0.3, -0.25) is 9.80 Å². The van der Waals surface area contributed by atoms with E-state index in [-0.39, 0.29) is 5.41 Å². The molecule has 24 heavy (non-hydrogen) atoms. The Bertz CT molecular complexity index is 619. The number of piperidine rings is 1. The molecule has 7 nitrogen and oxygen atoms in total. The number of thiazole rings is 1. The fourth-order valence-corrected chi connectivity index (χ4v) is 4.62. The number of H-pyrrole nitrogens is 1. The predicted molar refractivity (Wildman–Crippen MR) is 91.5 cm³/mol. The van der Waals surface area contributed by atoms with Gasteiger partial charge in [-0.2, -0.15) is 15.4 Å². The molecular formula is C16H24N6OS. The van der Waals surface area contributed by atoms with Gasteiger partial charge in [-0.25, -0.2) is 4.98 Å². The quantitative estimate of drug-likeness (QED) is 0.900. The van der Waals surface area contributed by atoms with Crippen LogP contribution in [0.3, 0.4) is 0 Å². The maximum atomic E-state index is 6.00. The second-order valence-electron chi connectivity index (χ2n) is 6.96. The van der Waals surface area contributed by atoms with Crippen LogP contribution in [0, 0.1) is 5.41 Å². The van der Waals surface area contributed by atoms with E-state index in [4.69, 9.17) is 4.74 Å². The van der Waals surface area contributed by atoms with Gasteiger partial charge in [-0.15, -0.1) is 11.3 Å². The van der Waals surface area contributed by atoms with Crippen molar-refractivity contribution < 1.29 is 4.74 Å². The van der Waals surface area contributed by atoms with Gasteiger partial charge in [0.25, 0.3) is 0 Å². The minimum atomic E-state index is 0.218. The highest BCUT2D eigenvalue weighted by Gasteiger charge is 2.39. The highest BCUT2D eigenvalue weighted by Crippen LogP contribution is 2.34. The molecule has 1 spiro atoms. The van der Waals surface area contributed by atoms with Gasteiger partial charge >= 0.3 is 0 Å². The van der Waals surface area contributed by atoms with Gasteiger partial charge < -0.3 is 4.74 Å². The molecule has 130 valence electrons. The van der Waals surface area contributed by atoms with Crippen LogP contribution in [0.15, 0.2) is 17.8 Å². The molecule has 1 N–H and O–H groups in total. The Hall–Kier alpha value is -1.35. The maximum Gasteiger partial charge on any atom is 0.107 e. The van der Waals surface area contributed by atoms with Crippen LogP contribution in [-0.2, 0) is 17.8 Å². The van der Waals surface area contributed by atoms with Gasteiger partial charge in [0.2, 0.25) is 0 Å². The zero-order chi connectivity index (χ0) is 16.2. The van der Waals surface area contributed by atoms with Crippen LogP contribution >= 0.6 is 11.3 Å². The molecule has 8 heteroatoms. The Morgan fingerprint density at radius 3 is 2.96 bits per heavy atom. The van der Waals surface area contributed by atoms with Crippen molar-refractivity contribution in [2.24, 2.45) is 5.41 Å². The second-order valence-corrected chi connectivity index (χ2v) is 7.94. The van der Waals surface area contributed by atoms with Gasteiger partial charge in [-0.05, 0) is 19.4 Å². The highest BCUT2D eigenvalue weighted by atomic mass is 32.1. The van der Waals surface area contributed by atoms with Crippen molar-refractivity contribution in [3.63, 3.8) is 0 Å². The fraction of sp³-hybridized carbons (Fsp3) is 0.688. The minimum absolute atomic E-state index is 0.218. The summed E-state index contributed by atoms with van der Waals surface area (Å²) in [6.07, 6.45) is 6.17. The Labute approximate surface area is 146 Å². The topological polar surface area (TPSA) is 70.2 Å². The summed E-state index contributed by atoms with van der Waals surface area (Å²) in [6.45, 7) is 7.72. The highest BCUT2D eigenvalue weighted by molar-refractivity contribution is 7.09. The van der Waals surface area contributed by atoms with Crippen molar-refractivity contribution in [2.75, 3.05) is 39.4 Å². The van der Waals surface area contributed by atoms with Crippen LogP contribution in [0.1, 0.15) is 23.5 Å². The molecular weight excluding hydrogens is 324 g/mol. The minimum Gasteiger partial charge on any atom is -0.379 e. The van der Waals surface area contributed by atoms with Gasteiger partial charge in [0.1, 0.15) is 5.01 Å². The summed E-state index contributed by atoms with van der Waals surface area (Å²) in [6, 6.07) is 0. The molecule has 1 atom stereocenters. The first-order valence-corrected chi connectivity index (χ1v) is 9.45. The van der Waals surface area contributed by atoms with Crippen molar-refractivity contribution >= 4 is 11.3 Å². The first kappa shape index (κ1) is 16.1. The van der Waals surface area contributed by atoms with Crippen LogP contribution in [-0.4, -0.2) is 69.6 Å². The lowest BCUT2D eigenvalue weighted by molar-refractivity contribution is 0.00240. The molecule has 0 aliphatic carbocycles. The first-order chi connectivity index (χ1) is 11.8. The fourth-order valence-electron chi connectivity index (χ4n) is 3.96. The van der Waals surface area contributed by atoms with E-state index in [2.05, 4.69) is 35.6 Å². The molecule has 2 saturated heterocycles. The molecule has 0 aromatic carbocycles. The van der Waals surface area contributed by atoms with Crippen LogP contribution < -0.4 is 0 Å². The van der Waals surface area contributed by atoms with Crippen LogP contribution in [0.2, 0.25) is 0 Å². The predicted octanol–water partition coefficient (Wildman–Crippen LogP) is 1.38. The van der Waals surface area contributed by atoms with E-state index in [9.17, 15) is 0 Å². The number of ether oxygens (including phenoxy) is 1. The average Bonchev–Trinajstić information content (AvgIpc) is 3.22. The number of likely N-dealkylation sites (tertiary alicyclic amines) is 1. The molecule has 2 fully saturated rings. The Morgan fingerprint density at radius 1 is 1.25 bits per heavy atom. The zero-order valence-corrected chi connectivity index (χ0v) is 14.7. The number of rotatable bonds is 4. The van der Waals surface area contributed by atoms with Crippen molar-refractivity contribution in [3.05, 3.63) is 28.5 Å². The summed E-state index contributed by atoms with van der Waals surface area (Å²) >= 11 is 1.75. The number of aromatic amines is 1. The van der Waals surface area contributed by atoms with Gasteiger partial charge in [-0.1, -0.05) is 0 Å². The molecule has 4 heterocycles. The number of hydrogen-bond donors (Lipinski definition) is 1. The lowest BCUT2D eigenvalue weighted by atomic mass is 9.80. The lowest BCUT2D eigenvalue weighted by Crippen LogP contribution is -2.50. The third-order valence-corrected chi connectivity index (χ3v) is 5.72. The molecule has 2 aliphatic rings. The smallest absolute Gasteiger partial charge is 0.107 e. The lowest BCUT2D eigenvalue weighted by Gasteiger charge is -2.43. The van der Waals surface area contributed by atoms with Crippen LogP contribution in [0.4, 0.5) is 0 Å². The van der Waals surface area contributed by atoms with Crippen molar-refractivity contribution in [2.45, 2.75) is 25.9 Å². The summed E-state index contributed by atoms with van der Waals surface area (Å²) in [5.74, 6) is 0. The summed E-state index contributed by atoms with van der Waals surface area (Å²) in [5.41, 5.74) is 1.22. The van der Waals surface area contributed by atoms with E-state index in [0.29, 0.717) is 0 Å². The normalized spacial score (nSPS) is 26.7. The third-order valence-electron chi connectivity index (χ3n) is 4.95. The van der Waals surface area contributed by atoms with Crippen molar-refractivity contribution in [1.82, 2.24) is 30.2 Å². The summed E-state index contributed by atoms with van der Waals surface area (Å²) in [4.78, 5) is 9.46. The second kappa shape index (κ2) is 7.26. The largest absolute Gasteiger partial charge is 0.379 e. The molecule has 2 aromatic heterocycles. The van der Waals surface area contributed by atoms with E-state index < -0.39 is 0 Å². The maximum absolute atomic E-state index is 6.00. The van der Waals surface area contributed by atoms with Crippen molar-refractivity contribution in [1.29, 1.82) is 0 Å². The molecule has 0 bridgehead atoms. The summed E-state index contributed by atoms with van der Waals surface area (Å²) in [7, 11) is 0. The summed E-state index contributed by atoms with van der Waals surface area (Å²) in [5, 5.41) is 14.1. The molecule has 0 amide bonds. The van der Waals surface area contributed by atoms with E-state index in [0.717, 1.165) is 58.2 Å². The van der Waals surface area contributed by atoms with E-state index in [1.807, 2.05) is 12.4 Å². The molecule has 2 aliphatic heterocycles. The number of aromatic nitrogens is 4. The molecule has 2 aromatic rings. The molecule has 0 radical (unpaired) electrons. The van der Waals surface area contributed by atoms with Crippen LogP contribution in [0.5, 0.6) is 0 Å². The Balaban J connectivity index is 1.43. The number of nitrogens with zero attached hydrogens (tertiary/aromatic N) is 5. The SMILES string of the molecule is c1csc(CN2CCC[C@]3(COCCN(Cc4cn[nH]n4)C3)C2)n1. The molecule has 4 rings (SSSR count). The summed E-state index contributed by atoms with van der Waals surface area (Å²) < 4.78 is 6.00. The van der Waals surface area contributed by atoms with Gasteiger partial charge in [0.05, 0.1) is 31.6 Å². The van der Waals surface area contributed by atoms with Gasteiger partial charge in [0, 0.05) is 43.2 Å². The Morgan fingerprint density at radius 2 is 2.17 bits per heavy atom. The number of hydrogen-bond acceptors (Lipinski definition) is 7. The third kappa shape index (κ3) is 3.83. The number of nitrogens with one attached hydrogen (secondary N) is 1.